The van der Waals surface area contributed by atoms with Crippen LogP contribution in [0.15, 0.2) is 72.8 Å². The first-order valence-electron chi connectivity index (χ1n) is 10.5. The number of rotatable bonds is 5. The summed E-state index contributed by atoms with van der Waals surface area (Å²) in [5.41, 5.74) is 2.99. The van der Waals surface area contributed by atoms with Crippen molar-refractivity contribution in [1.82, 2.24) is 0 Å². The van der Waals surface area contributed by atoms with Gasteiger partial charge >= 0.3 is 6.09 Å². The van der Waals surface area contributed by atoms with Crippen molar-refractivity contribution in [1.29, 1.82) is 0 Å². The Morgan fingerprint density at radius 3 is 1.55 bits per heavy atom. The van der Waals surface area contributed by atoms with E-state index in [0.717, 1.165) is 5.56 Å². The van der Waals surface area contributed by atoms with Gasteiger partial charge in [0.1, 0.15) is 5.60 Å². The molecule has 0 heterocycles. The number of hydrogen-bond donors (Lipinski definition) is 3. The molecule has 170 valence electrons. The third-order valence-corrected chi connectivity index (χ3v) is 4.48. The maximum atomic E-state index is 12.7. The van der Waals surface area contributed by atoms with Gasteiger partial charge in [-0.1, -0.05) is 23.8 Å². The van der Waals surface area contributed by atoms with Crippen LogP contribution in [-0.2, 0) is 4.74 Å². The Morgan fingerprint density at radius 2 is 1.09 bits per heavy atom. The normalized spacial score (nSPS) is 10.8. The molecule has 0 aliphatic rings. The summed E-state index contributed by atoms with van der Waals surface area (Å²) < 4.78 is 5.21. The van der Waals surface area contributed by atoms with Crippen LogP contribution >= 0.6 is 0 Å². The molecule has 3 rings (SSSR count). The number of hydrogen-bond acceptors (Lipinski definition) is 4. The third-order valence-electron chi connectivity index (χ3n) is 4.48. The van der Waals surface area contributed by atoms with E-state index in [1.165, 1.54) is 6.07 Å². The summed E-state index contributed by atoms with van der Waals surface area (Å²) in [6, 6.07) is 20.6. The van der Waals surface area contributed by atoms with Crippen molar-refractivity contribution < 1.29 is 19.1 Å². The number of amides is 3. The van der Waals surface area contributed by atoms with E-state index in [1.807, 2.05) is 31.2 Å². The van der Waals surface area contributed by atoms with E-state index < -0.39 is 11.7 Å². The van der Waals surface area contributed by atoms with Gasteiger partial charge in [0.25, 0.3) is 11.8 Å². The second-order valence-corrected chi connectivity index (χ2v) is 8.56. The second-order valence-electron chi connectivity index (χ2n) is 8.56. The highest BCUT2D eigenvalue weighted by Gasteiger charge is 2.16. The molecule has 33 heavy (non-hydrogen) atoms. The molecule has 7 heteroatoms. The number of aryl methyl sites for hydroxylation is 1. The third kappa shape index (κ3) is 7.21. The molecule has 0 bridgehead atoms. The summed E-state index contributed by atoms with van der Waals surface area (Å²) in [5, 5.41) is 8.24. The fourth-order valence-corrected chi connectivity index (χ4v) is 2.90. The molecule has 7 nitrogen and oxygen atoms in total. The monoisotopic (exact) mass is 445 g/mol. The molecule has 0 aromatic heterocycles. The Bertz CT molecular complexity index is 1150. The molecule has 0 unspecified atom stereocenters. The highest BCUT2D eigenvalue weighted by atomic mass is 16.6. The standard InChI is InChI=1S/C26H27N3O4/c1-17-8-10-20(11-9-17)27-23(30)18-6-5-7-19(16-18)24(31)28-21-12-14-22(15-13-21)29-25(32)33-26(2,3)4/h5-16H,1-4H3,(H,27,30)(H,28,31)(H,29,32). The lowest BCUT2D eigenvalue weighted by Crippen LogP contribution is -2.27. The van der Waals surface area contributed by atoms with Crippen molar-refractivity contribution in [2.24, 2.45) is 0 Å². The first-order chi connectivity index (χ1) is 15.6. The lowest BCUT2D eigenvalue weighted by molar-refractivity contribution is 0.0635. The minimum atomic E-state index is -0.594. The fourth-order valence-electron chi connectivity index (χ4n) is 2.90. The zero-order valence-corrected chi connectivity index (χ0v) is 19.1. The van der Waals surface area contributed by atoms with Gasteiger partial charge in [-0.05, 0) is 82.3 Å². The molecule has 0 spiro atoms. The van der Waals surface area contributed by atoms with Crippen molar-refractivity contribution in [3.05, 3.63) is 89.5 Å². The van der Waals surface area contributed by atoms with Crippen LogP contribution in [0, 0.1) is 6.92 Å². The van der Waals surface area contributed by atoms with Crippen LogP contribution in [0.25, 0.3) is 0 Å². The summed E-state index contributed by atoms with van der Waals surface area (Å²) in [4.78, 5) is 37.1. The molecule has 0 saturated heterocycles. The minimum absolute atomic E-state index is 0.300. The molecule has 3 aromatic carbocycles. The van der Waals surface area contributed by atoms with Gasteiger partial charge in [0.05, 0.1) is 0 Å². The first-order valence-corrected chi connectivity index (χ1v) is 10.5. The van der Waals surface area contributed by atoms with Crippen LogP contribution in [0.2, 0.25) is 0 Å². The van der Waals surface area contributed by atoms with Gasteiger partial charge in [-0.15, -0.1) is 0 Å². The topological polar surface area (TPSA) is 96.5 Å². The predicted molar refractivity (Wildman–Crippen MR) is 130 cm³/mol. The number of carbonyl (C=O) groups excluding carboxylic acids is 3. The predicted octanol–water partition coefficient (Wildman–Crippen LogP) is 5.85. The molecule has 0 radical (unpaired) electrons. The van der Waals surface area contributed by atoms with Crippen LogP contribution in [0.3, 0.4) is 0 Å². The highest BCUT2D eigenvalue weighted by molar-refractivity contribution is 6.08. The second kappa shape index (κ2) is 9.99. The molecule has 0 fully saturated rings. The van der Waals surface area contributed by atoms with Gasteiger partial charge in [-0.2, -0.15) is 0 Å². The fraction of sp³-hybridized carbons (Fsp3) is 0.192. The lowest BCUT2D eigenvalue weighted by atomic mass is 10.1. The van der Waals surface area contributed by atoms with Crippen LogP contribution in [0.5, 0.6) is 0 Å². The van der Waals surface area contributed by atoms with Crippen molar-refractivity contribution in [2.75, 3.05) is 16.0 Å². The Kier molecular flexibility index (Phi) is 7.13. The van der Waals surface area contributed by atoms with Crippen LogP contribution < -0.4 is 16.0 Å². The van der Waals surface area contributed by atoms with E-state index >= 15 is 0 Å². The number of ether oxygens (including phenoxy) is 1. The van der Waals surface area contributed by atoms with Crippen LogP contribution in [0.1, 0.15) is 47.1 Å². The van der Waals surface area contributed by atoms with Gasteiger partial charge in [0, 0.05) is 28.2 Å². The van der Waals surface area contributed by atoms with Crippen LogP contribution in [-0.4, -0.2) is 23.5 Å². The Balaban J connectivity index is 1.61. The number of carbonyl (C=O) groups is 3. The van der Waals surface area contributed by atoms with Gasteiger partial charge in [0.2, 0.25) is 0 Å². The molecule has 0 atom stereocenters. The Hall–Kier alpha value is -4.13. The van der Waals surface area contributed by atoms with Gasteiger partial charge in [-0.25, -0.2) is 4.79 Å². The maximum absolute atomic E-state index is 12.7. The smallest absolute Gasteiger partial charge is 0.412 e. The van der Waals surface area contributed by atoms with Gasteiger partial charge < -0.3 is 15.4 Å². The van der Waals surface area contributed by atoms with E-state index in [1.54, 1.807) is 63.2 Å². The van der Waals surface area contributed by atoms with Crippen molar-refractivity contribution >= 4 is 35.0 Å². The molecule has 0 aliphatic heterocycles. The lowest BCUT2D eigenvalue weighted by Gasteiger charge is -2.19. The van der Waals surface area contributed by atoms with E-state index in [9.17, 15) is 14.4 Å². The van der Waals surface area contributed by atoms with Gasteiger partial charge in [-0.3, -0.25) is 14.9 Å². The average Bonchev–Trinajstić information content (AvgIpc) is 2.75. The summed E-state index contributed by atoms with van der Waals surface area (Å²) in [6.07, 6.45) is -0.556. The SMILES string of the molecule is Cc1ccc(NC(=O)c2cccc(C(=O)Nc3ccc(NC(=O)OC(C)(C)C)cc3)c2)cc1. The molecule has 3 aromatic rings. The molecule has 0 aliphatic carbocycles. The van der Waals surface area contributed by atoms with E-state index in [4.69, 9.17) is 4.74 Å². The minimum Gasteiger partial charge on any atom is -0.444 e. The number of nitrogens with one attached hydrogen (secondary N) is 3. The molecular weight excluding hydrogens is 418 g/mol. The summed E-state index contributed by atoms with van der Waals surface area (Å²) in [7, 11) is 0. The molecule has 3 amide bonds. The maximum Gasteiger partial charge on any atom is 0.412 e. The first kappa shape index (κ1) is 23.5. The quantitative estimate of drug-likeness (QED) is 0.459. The Morgan fingerprint density at radius 1 is 0.667 bits per heavy atom. The van der Waals surface area contributed by atoms with Crippen molar-refractivity contribution in [3.8, 4) is 0 Å². The number of benzene rings is 3. The van der Waals surface area contributed by atoms with E-state index in [-0.39, 0.29) is 11.8 Å². The Labute approximate surface area is 193 Å². The largest absolute Gasteiger partial charge is 0.444 e. The van der Waals surface area contributed by atoms with E-state index in [0.29, 0.717) is 28.2 Å². The van der Waals surface area contributed by atoms with Crippen molar-refractivity contribution in [2.45, 2.75) is 33.3 Å². The summed E-state index contributed by atoms with van der Waals surface area (Å²) >= 11 is 0. The number of anilines is 3. The summed E-state index contributed by atoms with van der Waals surface area (Å²) in [6.45, 7) is 7.32. The van der Waals surface area contributed by atoms with Gasteiger partial charge in [0.15, 0.2) is 0 Å². The van der Waals surface area contributed by atoms with E-state index in [2.05, 4.69) is 16.0 Å². The molecule has 3 N–H and O–H groups in total. The van der Waals surface area contributed by atoms with Crippen molar-refractivity contribution in [3.63, 3.8) is 0 Å². The zero-order chi connectivity index (χ0) is 24.0. The zero-order valence-electron chi connectivity index (χ0n) is 19.1. The molecular formula is C26H27N3O4. The summed E-state index contributed by atoms with van der Waals surface area (Å²) in [5.74, 6) is -0.654. The van der Waals surface area contributed by atoms with Crippen LogP contribution in [0.4, 0.5) is 21.9 Å². The highest BCUT2D eigenvalue weighted by Crippen LogP contribution is 2.17. The molecule has 0 saturated carbocycles. The average molecular weight is 446 g/mol.